The first-order valence-electron chi connectivity index (χ1n) is 10.0. The number of nitrogens with one attached hydrogen (secondary N) is 1. The van der Waals surface area contributed by atoms with Gasteiger partial charge in [0.25, 0.3) is 11.6 Å². The summed E-state index contributed by atoms with van der Waals surface area (Å²) < 4.78 is 11.6. The summed E-state index contributed by atoms with van der Waals surface area (Å²) in [5.74, 6) is 0.632. The minimum absolute atomic E-state index is 0.117. The first-order valence-corrected chi connectivity index (χ1v) is 10.0. The first-order chi connectivity index (χ1) is 15.5. The molecule has 32 heavy (non-hydrogen) atoms. The maximum atomic E-state index is 12.4. The standard InChI is InChI=1S/C24H23N3O5/c1-3-31-23-14-19(12-13-22(23)32-16-18-8-5-4-6-9-18)15-25-26-24(28)20-10-7-11-21(17(20)2)27(29)30/h4-15H,3,16H2,1-2H3,(H,26,28)/b25-15+. The third-order valence-electron chi connectivity index (χ3n) is 4.63. The average Bonchev–Trinajstić information content (AvgIpc) is 2.79. The van der Waals surface area contributed by atoms with Crippen molar-refractivity contribution in [3.05, 3.63) is 99.1 Å². The predicted molar refractivity (Wildman–Crippen MR) is 121 cm³/mol. The summed E-state index contributed by atoms with van der Waals surface area (Å²) >= 11 is 0. The van der Waals surface area contributed by atoms with Gasteiger partial charge in [0.05, 0.1) is 23.3 Å². The molecule has 1 amide bonds. The Hall–Kier alpha value is -4.20. The van der Waals surface area contributed by atoms with Crippen LogP contribution in [0.1, 0.15) is 34.0 Å². The Bertz CT molecular complexity index is 1130. The van der Waals surface area contributed by atoms with Crippen molar-refractivity contribution in [3.8, 4) is 11.5 Å². The van der Waals surface area contributed by atoms with Crippen LogP contribution in [-0.4, -0.2) is 23.7 Å². The quantitative estimate of drug-likeness (QED) is 0.301. The van der Waals surface area contributed by atoms with Crippen LogP contribution in [0, 0.1) is 17.0 Å². The zero-order chi connectivity index (χ0) is 22.9. The van der Waals surface area contributed by atoms with Gasteiger partial charge >= 0.3 is 0 Å². The van der Waals surface area contributed by atoms with Crippen LogP contribution in [0.15, 0.2) is 71.8 Å². The van der Waals surface area contributed by atoms with Gasteiger partial charge in [-0.1, -0.05) is 36.4 Å². The molecule has 0 bridgehead atoms. The Kier molecular flexibility index (Phi) is 7.53. The van der Waals surface area contributed by atoms with E-state index in [9.17, 15) is 14.9 Å². The summed E-state index contributed by atoms with van der Waals surface area (Å²) in [5, 5.41) is 15.0. The number of benzene rings is 3. The first kappa shape index (κ1) is 22.5. The van der Waals surface area contributed by atoms with Crippen molar-refractivity contribution in [1.29, 1.82) is 0 Å². The smallest absolute Gasteiger partial charge is 0.273 e. The van der Waals surface area contributed by atoms with Crippen molar-refractivity contribution < 1.29 is 19.2 Å². The van der Waals surface area contributed by atoms with E-state index in [2.05, 4.69) is 10.5 Å². The van der Waals surface area contributed by atoms with Crippen LogP contribution in [0.3, 0.4) is 0 Å². The van der Waals surface area contributed by atoms with Crippen LogP contribution in [-0.2, 0) is 6.61 Å². The lowest BCUT2D eigenvalue weighted by molar-refractivity contribution is -0.385. The summed E-state index contributed by atoms with van der Waals surface area (Å²) in [6, 6.07) is 19.5. The Balaban J connectivity index is 1.69. The molecule has 3 rings (SSSR count). The lowest BCUT2D eigenvalue weighted by atomic mass is 10.1. The number of hydrazone groups is 1. The third kappa shape index (κ3) is 5.69. The zero-order valence-corrected chi connectivity index (χ0v) is 17.8. The molecule has 8 nitrogen and oxygen atoms in total. The molecule has 0 unspecified atom stereocenters. The molecule has 0 saturated carbocycles. The van der Waals surface area contributed by atoms with Crippen molar-refractivity contribution in [2.24, 2.45) is 5.10 Å². The van der Waals surface area contributed by atoms with Gasteiger partial charge in [0, 0.05) is 11.6 Å². The molecule has 0 atom stereocenters. The number of hydrogen-bond donors (Lipinski definition) is 1. The summed E-state index contributed by atoms with van der Waals surface area (Å²) in [6.45, 7) is 4.28. The number of carbonyl (C=O) groups is 1. The van der Waals surface area contributed by atoms with Crippen LogP contribution < -0.4 is 14.9 Å². The second-order valence-corrected chi connectivity index (χ2v) is 6.82. The van der Waals surface area contributed by atoms with Crippen molar-refractivity contribution in [1.82, 2.24) is 5.43 Å². The number of nitrogens with zero attached hydrogens (tertiary/aromatic N) is 2. The topological polar surface area (TPSA) is 103 Å². The van der Waals surface area contributed by atoms with Gasteiger partial charge in [-0.2, -0.15) is 5.10 Å². The van der Waals surface area contributed by atoms with Gasteiger partial charge in [-0.05, 0) is 49.2 Å². The Labute approximate surface area is 185 Å². The second kappa shape index (κ2) is 10.7. The van der Waals surface area contributed by atoms with Gasteiger partial charge < -0.3 is 9.47 Å². The fraction of sp³-hybridized carbons (Fsp3) is 0.167. The lowest BCUT2D eigenvalue weighted by Crippen LogP contribution is -2.19. The molecule has 3 aromatic rings. The second-order valence-electron chi connectivity index (χ2n) is 6.82. The van der Waals surface area contributed by atoms with Crippen LogP contribution in [0.2, 0.25) is 0 Å². The van der Waals surface area contributed by atoms with E-state index >= 15 is 0 Å². The lowest BCUT2D eigenvalue weighted by Gasteiger charge is -2.12. The zero-order valence-electron chi connectivity index (χ0n) is 17.8. The van der Waals surface area contributed by atoms with Crippen molar-refractivity contribution >= 4 is 17.8 Å². The molecule has 0 fully saturated rings. The van der Waals surface area contributed by atoms with E-state index < -0.39 is 10.8 Å². The van der Waals surface area contributed by atoms with E-state index in [1.54, 1.807) is 18.2 Å². The minimum Gasteiger partial charge on any atom is -0.490 e. The number of nitro benzene ring substituents is 1. The van der Waals surface area contributed by atoms with Gasteiger partial charge in [0.2, 0.25) is 0 Å². The molecule has 0 aliphatic heterocycles. The summed E-state index contributed by atoms with van der Waals surface area (Å²) in [4.78, 5) is 22.9. The van der Waals surface area contributed by atoms with Gasteiger partial charge in [-0.25, -0.2) is 5.43 Å². The highest BCUT2D eigenvalue weighted by atomic mass is 16.6. The largest absolute Gasteiger partial charge is 0.490 e. The highest BCUT2D eigenvalue weighted by Crippen LogP contribution is 2.29. The highest BCUT2D eigenvalue weighted by molar-refractivity contribution is 5.97. The Morgan fingerprint density at radius 1 is 1.06 bits per heavy atom. The van der Waals surface area contributed by atoms with Crippen LogP contribution in [0.25, 0.3) is 0 Å². The summed E-state index contributed by atoms with van der Waals surface area (Å²) in [7, 11) is 0. The van der Waals surface area contributed by atoms with Crippen LogP contribution in [0.4, 0.5) is 5.69 Å². The van der Waals surface area contributed by atoms with Crippen molar-refractivity contribution in [3.63, 3.8) is 0 Å². The fourth-order valence-corrected chi connectivity index (χ4v) is 3.02. The number of hydrogen-bond acceptors (Lipinski definition) is 6. The number of rotatable bonds is 9. The molecule has 0 aromatic heterocycles. The van der Waals surface area contributed by atoms with E-state index in [0.29, 0.717) is 30.3 Å². The average molecular weight is 433 g/mol. The summed E-state index contributed by atoms with van der Waals surface area (Å²) in [5.41, 5.74) is 4.49. The molecule has 0 heterocycles. The highest BCUT2D eigenvalue weighted by Gasteiger charge is 2.17. The molecule has 0 saturated heterocycles. The monoisotopic (exact) mass is 433 g/mol. The van der Waals surface area contributed by atoms with Crippen molar-refractivity contribution in [2.75, 3.05) is 6.61 Å². The Morgan fingerprint density at radius 3 is 2.56 bits per heavy atom. The van der Waals surface area contributed by atoms with Gasteiger partial charge in [-0.15, -0.1) is 0 Å². The molecular formula is C24H23N3O5. The van der Waals surface area contributed by atoms with E-state index in [1.807, 2.05) is 37.3 Å². The minimum atomic E-state index is -0.532. The third-order valence-corrected chi connectivity index (χ3v) is 4.63. The SMILES string of the molecule is CCOc1cc(/C=N/NC(=O)c2cccc([N+](=O)[O-])c2C)ccc1OCc1ccccc1. The molecule has 0 aliphatic rings. The van der Waals surface area contributed by atoms with E-state index in [-0.39, 0.29) is 16.8 Å². The fourth-order valence-electron chi connectivity index (χ4n) is 3.02. The maximum absolute atomic E-state index is 12.4. The van der Waals surface area contributed by atoms with Crippen LogP contribution in [0.5, 0.6) is 11.5 Å². The molecule has 164 valence electrons. The van der Waals surface area contributed by atoms with Gasteiger partial charge in [0.1, 0.15) is 6.61 Å². The molecular weight excluding hydrogens is 410 g/mol. The molecule has 3 aromatic carbocycles. The van der Waals surface area contributed by atoms with Gasteiger partial charge in [0.15, 0.2) is 11.5 Å². The predicted octanol–water partition coefficient (Wildman–Crippen LogP) is 4.64. The van der Waals surface area contributed by atoms with E-state index in [4.69, 9.17) is 9.47 Å². The molecule has 1 N–H and O–H groups in total. The van der Waals surface area contributed by atoms with Crippen LogP contribution >= 0.6 is 0 Å². The normalized spacial score (nSPS) is 10.7. The molecule has 0 spiro atoms. The Morgan fingerprint density at radius 2 is 1.84 bits per heavy atom. The summed E-state index contributed by atoms with van der Waals surface area (Å²) in [6.07, 6.45) is 1.47. The number of carbonyl (C=O) groups excluding carboxylic acids is 1. The van der Waals surface area contributed by atoms with E-state index in [1.165, 1.54) is 31.3 Å². The molecule has 0 aliphatic carbocycles. The number of nitro groups is 1. The number of ether oxygens (including phenoxy) is 2. The van der Waals surface area contributed by atoms with Crippen molar-refractivity contribution in [2.45, 2.75) is 20.5 Å². The number of amides is 1. The van der Waals surface area contributed by atoms with Gasteiger partial charge in [-0.3, -0.25) is 14.9 Å². The van der Waals surface area contributed by atoms with E-state index in [0.717, 1.165) is 5.56 Å². The molecule has 0 radical (unpaired) electrons. The molecule has 8 heteroatoms. The maximum Gasteiger partial charge on any atom is 0.273 e.